The Balaban J connectivity index is 1.95. The van der Waals surface area contributed by atoms with Crippen LogP contribution >= 0.6 is 11.6 Å². The van der Waals surface area contributed by atoms with E-state index in [4.69, 9.17) is 11.6 Å². The molecule has 1 aromatic carbocycles. The van der Waals surface area contributed by atoms with E-state index in [9.17, 15) is 4.79 Å². The van der Waals surface area contributed by atoms with Crippen LogP contribution in [-0.4, -0.2) is 25.8 Å². The van der Waals surface area contributed by atoms with Gasteiger partial charge in [-0.05, 0) is 12.1 Å². The van der Waals surface area contributed by atoms with Crippen LogP contribution in [0.3, 0.4) is 0 Å². The average Bonchev–Trinajstić information content (AvgIpc) is 2.49. The summed E-state index contributed by atoms with van der Waals surface area (Å²) in [5, 5.41) is 2.73. The molecule has 0 aliphatic carbocycles. The van der Waals surface area contributed by atoms with Gasteiger partial charge in [0.1, 0.15) is 6.33 Å². The third kappa shape index (κ3) is 2.41. The van der Waals surface area contributed by atoms with Crippen molar-refractivity contribution in [3.05, 3.63) is 53.7 Å². The number of hydrogen-bond acceptors (Lipinski definition) is 5. The minimum atomic E-state index is -0.392. The number of halogens is 1. The molecule has 0 saturated heterocycles. The summed E-state index contributed by atoms with van der Waals surface area (Å²) in [5.41, 5.74) is 1.63. The van der Waals surface area contributed by atoms with Gasteiger partial charge < -0.3 is 5.32 Å². The highest BCUT2D eigenvalue weighted by molar-refractivity contribution is 6.32. The number of carbonyl (C=O) groups excluding carboxylic acids is 1. The molecule has 0 atom stereocenters. The fourth-order valence-corrected chi connectivity index (χ4v) is 1.83. The van der Waals surface area contributed by atoms with Crippen LogP contribution in [0.1, 0.15) is 10.4 Å². The molecule has 1 N–H and O–H groups in total. The van der Waals surface area contributed by atoms with Crippen LogP contribution in [0.4, 0.5) is 5.82 Å². The normalized spacial score (nSPS) is 10.4. The van der Waals surface area contributed by atoms with E-state index in [0.717, 1.165) is 0 Å². The Labute approximate surface area is 118 Å². The van der Waals surface area contributed by atoms with Crippen LogP contribution in [0, 0.1) is 0 Å². The summed E-state index contributed by atoms with van der Waals surface area (Å²) in [6.45, 7) is 0. The first-order chi connectivity index (χ1) is 9.74. The molecule has 20 heavy (non-hydrogen) atoms. The highest BCUT2D eigenvalue weighted by Crippen LogP contribution is 2.21. The second-order valence-corrected chi connectivity index (χ2v) is 4.29. The second-order valence-electron chi connectivity index (χ2n) is 3.93. The number of aromatic nitrogens is 4. The third-order valence-corrected chi connectivity index (χ3v) is 2.85. The van der Waals surface area contributed by atoms with Gasteiger partial charge >= 0.3 is 0 Å². The molecule has 6 nitrogen and oxygen atoms in total. The van der Waals surface area contributed by atoms with Crippen molar-refractivity contribution in [2.24, 2.45) is 0 Å². The van der Waals surface area contributed by atoms with Gasteiger partial charge in [-0.1, -0.05) is 23.7 Å². The predicted octanol–water partition coefficient (Wildman–Crippen LogP) is 2.33. The van der Waals surface area contributed by atoms with Crippen molar-refractivity contribution in [1.29, 1.82) is 0 Å². The lowest BCUT2D eigenvalue weighted by Gasteiger charge is -2.06. The largest absolute Gasteiger partial charge is 0.304 e. The van der Waals surface area contributed by atoms with Gasteiger partial charge in [0.25, 0.3) is 5.91 Å². The molecular weight excluding hydrogens is 278 g/mol. The summed E-state index contributed by atoms with van der Waals surface area (Å²) < 4.78 is 0. The van der Waals surface area contributed by atoms with Crippen LogP contribution in [0.2, 0.25) is 5.15 Å². The minimum Gasteiger partial charge on any atom is -0.304 e. The summed E-state index contributed by atoms with van der Waals surface area (Å²) in [6, 6.07) is 7.26. The highest BCUT2D eigenvalue weighted by atomic mass is 35.5. The van der Waals surface area contributed by atoms with E-state index >= 15 is 0 Å². The van der Waals surface area contributed by atoms with Gasteiger partial charge in [-0.25, -0.2) is 19.9 Å². The second kappa shape index (κ2) is 5.18. The molecule has 0 spiro atoms. The quantitative estimate of drug-likeness (QED) is 0.781. The standard InChI is InChI=1S/C13H8ClN5O/c14-11-12(18-10-4-2-1-3-9(10)17-11)19-13(20)8-5-15-7-16-6-8/h1-7H,(H,18,19,20). The molecule has 2 heterocycles. The molecule has 0 fully saturated rings. The molecule has 0 aliphatic rings. The first-order valence-electron chi connectivity index (χ1n) is 5.73. The van der Waals surface area contributed by atoms with Crippen molar-refractivity contribution in [3.8, 4) is 0 Å². The van der Waals surface area contributed by atoms with E-state index in [0.29, 0.717) is 16.6 Å². The summed E-state index contributed by atoms with van der Waals surface area (Å²) in [6.07, 6.45) is 4.16. The van der Waals surface area contributed by atoms with Gasteiger partial charge in [0.2, 0.25) is 0 Å². The third-order valence-electron chi connectivity index (χ3n) is 2.58. The Morgan fingerprint density at radius 2 is 1.70 bits per heavy atom. The Morgan fingerprint density at radius 3 is 2.40 bits per heavy atom. The number of fused-ring (bicyclic) bond motifs is 1. The maximum Gasteiger partial charge on any atom is 0.260 e. The Hall–Kier alpha value is -2.60. The fourth-order valence-electron chi connectivity index (χ4n) is 1.65. The number of nitrogens with zero attached hydrogens (tertiary/aromatic N) is 4. The molecule has 0 saturated carbocycles. The van der Waals surface area contributed by atoms with Crippen molar-refractivity contribution in [1.82, 2.24) is 19.9 Å². The zero-order chi connectivity index (χ0) is 13.9. The lowest BCUT2D eigenvalue weighted by molar-refractivity contribution is 0.102. The number of hydrogen-bond donors (Lipinski definition) is 1. The van der Waals surface area contributed by atoms with Crippen LogP contribution in [-0.2, 0) is 0 Å². The zero-order valence-corrected chi connectivity index (χ0v) is 10.9. The SMILES string of the molecule is O=C(Nc1nc2ccccc2nc1Cl)c1cncnc1. The summed E-state index contributed by atoms with van der Waals surface area (Å²) in [7, 11) is 0. The van der Waals surface area contributed by atoms with Gasteiger partial charge in [-0.15, -0.1) is 0 Å². The highest BCUT2D eigenvalue weighted by Gasteiger charge is 2.12. The molecule has 0 bridgehead atoms. The first-order valence-corrected chi connectivity index (χ1v) is 6.10. The molecule has 1 amide bonds. The number of carbonyl (C=O) groups is 1. The van der Waals surface area contributed by atoms with Crippen LogP contribution in [0.25, 0.3) is 11.0 Å². The number of nitrogens with one attached hydrogen (secondary N) is 1. The van der Waals surface area contributed by atoms with Crippen LogP contribution in [0.15, 0.2) is 43.0 Å². The van der Waals surface area contributed by atoms with E-state index in [1.807, 2.05) is 12.1 Å². The molecule has 0 aliphatic heterocycles. The molecule has 7 heteroatoms. The number of rotatable bonds is 2. The van der Waals surface area contributed by atoms with Gasteiger partial charge in [-0.2, -0.15) is 0 Å². The van der Waals surface area contributed by atoms with E-state index < -0.39 is 5.91 Å². The lowest BCUT2D eigenvalue weighted by Crippen LogP contribution is -2.14. The maximum absolute atomic E-state index is 12.0. The molecule has 0 radical (unpaired) electrons. The maximum atomic E-state index is 12.0. The minimum absolute atomic E-state index is 0.133. The van der Waals surface area contributed by atoms with Gasteiger partial charge in [-0.3, -0.25) is 4.79 Å². The first kappa shape index (κ1) is 12.4. The molecule has 3 rings (SSSR count). The van der Waals surface area contributed by atoms with Crippen LogP contribution in [0.5, 0.6) is 0 Å². The molecule has 0 unspecified atom stereocenters. The number of anilines is 1. The Morgan fingerprint density at radius 1 is 1.05 bits per heavy atom. The molecule has 98 valence electrons. The van der Waals surface area contributed by atoms with Gasteiger partial charge in [0.15, 0.2) is 11.0 Å². The summed E-state index contributed by atoms with van der Waals surface area (Å²) in [4.78, 5) is 28.0. The van der Waals surface area contributed by atoms with E-state index in [2.05, 4.69) is 25.3 Å². The smallest absolute Gasteiger partial charge is 0.260 e. The number of amides is 1. The predicted molar refractivity (Wildman–Crippen MR) is 74.5 cm³/mol. The average molecular weight is 286 g/mol. The van der Waals surface area contributed by atoms with E-state index in [-0.39, 0.29) is 11.0 Å². The topological polar surface area (TPSA) is 80.7 Å². The van der Waals surface area contributed by atoms with Crippen molar-refractivity contribution < 1.29 is 4.79 Å². The molecule has 2 aromatic heterocycles. The van der Waals surface area contributed by atoms with Gasteiger partial charge in [0, 0.05) is 12.4 Å². The summed E-state index contributed by atoms with van der Waals surface area (Å²) >= 11 is 6.02. The number of benzene rings is 1. The van der Waals surface area contributed by atoms with Crippen molar-refractivity contribution in [2.75, 3.05) is 5.32 Å². The fraction of sp³-hybridized carbons (Fsp3) is 0. The van der Waals surface area contributed by atoms with Crippen molar-refractivity contribution in [3.63, 3.8) is 0 Å². The molecular formula is C13H8ClN5O. The van der Waals surface area contributed by atoms with Crippen LogP contribution < -0.4 is 5.32 Å². The molecule has 3 aromatic rings. The lowest BCUT2D eigenvalue weighted by atomic mass is 10.3. The number of para-hydroxylation sites is 2. The monoisotopic (exact) mass is 285 g/mol. The van der Waals surface area contributed by atoms with E-state index in [1.165, 1.54) is 18.7 Å². The summed E-state index contributed by atoms with van der Waals surface area (Å²) in [5.74, 6) is -0.184. The Bertz CT molecular complexity index is 778. The van der Waals surface area contributed by atoms with Crippen molar-refractivity contribution in [2.45, 2.75) is 0 Å². The van der Waals surface area contributed by atoms with Gasteiger partial charge in [0.05, 0.1) is 16.6 Å². The zero-order valence-electron chi connectivity index (χ0n) is 10.1. The van der Waals surface area contributed by atoms with E-state index in [1.54, 1.807) is 12.1 Å². The Kier molecular flexibility index (Phi) is 3.22. The van der Waals surface area contributed by atoms with Crippen molar-refractivity contribution >= 4 is 34.4 Å².